The zero-order chi connectivity index (χ0) is 12.5. The van der Waals surface area contributed by atoms with Crippen molar-refractivity contribution in [2.75, 3.05) is 0 Å². The summed E-state index contributed by atoms with van der Waals surface area (Å²) >= 11 is 0. The number of H-pyrrole nitrogens is 1. The number of hydrogen-bond acceptors (Lipinski definition) is 2. The summed E-state index contributed by atoms with van der Waals surface area (Å²) in [6.45, 7) is 6.45. The first kappa shape index (κ1) is 11.9. The molecule has 17 heavy (non-hydrogen) atoms. The lowest BCUT2D eigenvalue weighted by molar-refractivity contribution is 0.569. The van der Waals surface area contributed by atoms with E-state index in [1.165, 1.54) is 0 Å². The van der Waals surface area contributed by atoms with E-state index in [1.807, 2.05) is 36.5 Å². The predicted octanol–water partition coefficient (Wildman–Crippen LogP) is 2.76. The van der Waals surface area contributed by atoms with Crippen molar-refractivity contribution in [3.63, 3.8) is 0 Å². The summed E-state index contributed by atoms with van der Waals surface area (Å²) < 4.78 is 0. The van der Waals surface area contributed by atoms with Crippen molar-refractivity contribution < 1.29 is 0 Å². The van der Waals surface area contributed by atoms with E-state index in [0.717, 1.165) is 17.1 Å². The summed E-state index contributed by atoms with van der Waals surface area (Å²) in [5, 5.41) is 0. The van der Waals surface area contributed by atoms with Gasteiger partial charge in [-0.2, -0.15) is 0 Å². The second-order valence-corrected chi connectivity index (χ2v) is 5.32. The van der Waals surface area contributed by atoms with E-state index in [9.17, 15) is 0 Å². The normalized spacial score (nSPS) is 13.6. The van der Waals surface area contributed by atoms with E-state index in [0.29, 0.717) is 0 Å². The van der Waals surface area contributed by atoms with Crippen LogP contribution in [0.5, 0.6) is 0 Å². The number of nitrogens with one attached hydrogen (secondary N) is 1. The van der Waals surface area contributed by atoms with Gasteiger partial charge in [-0.25, -0.2) is 4.98 Å². The number of aromatic nitrogens is 2. The number of aromatic amines is 1. The first-order chi connectivity index (χ1) is 7.98. The molecular weight excluding hydrogens is 210 g/mol. The van der Waals surface area contributed by atoms with Crippen molar-refractivity contribution in [1.82, 2.24) is 9.97 Å². The Labute approximate surface area is 102 Å². The summed E-state index contributed by atoms with van der Waals surface area (Å²) in [7, 11) is 0. The maximum absolute atomic E-state index is 6.18. The van der Waals surface area contributed by atoms with Crippen molar-refractivity contribution in [1.29, 1.82) is 0 Å². The third-order valence-corrected chi connectivity index (χ3v) is 2.86. The second-order valence-electron chi connectivity index (χ2n) is 5.32. The van der Waals surface area contributed by atoms with Crippen LogP contribution in [0, 0.1) is 0 Å². The summed E-state index contributed by atoms with van der Waals surface area (Å²) in [6, 6.07) is 9.81. The standard InChI is InChI=1S/C14H19N3/c1-14(2,3)11-9-16-13(17-11)12(15)10-7-5-4-6-8-10/h4-9,12H,15H2,1-3H3,(H,16,17). The molecule has 0 fully saturated rings. The van der Waals surface area contributed by atoms with Gasteiger partial charge >= 0.3 is 0 Å². The minimum Gasteiger partial charge on any atom is -0.344 e. The molecule has 0 amide bonds. The van der Waals surface area contributed by atoms with Gasteiger partial charge in [0.2, 0.25) is 0 Å². The molecule has 0 saturated heterocycles. The fraction of sp³-hybridized carbons (Fsp3) is 0.357. The van der Waals surface area contributed by atoms with Crippen LogP contribution in [0.3, 0.4) is 0 Å². The van der Waals surface area contributed by atoms with Gasteiger partial charge in [-0.3, -0.25) is 0 Å². The van der Waals surface area contributed by atoms with E-state index in [-0.39, 0.29) is 11.5 Å². The number of imidazole rings is 1. The van der Waals surface area contributed by atoms with Crippen molar-refractivity contribution >= 4 is 0 Å². The molecule has 0 aliphatic heterocycles. The third kappa shape index (κ3) is 2.56. The van der Waals surface area contributed by atoms with Crippen LogP contribution in [0.25, 0.3) is 0 Å². The summed E-state index contributed by atoms with van der Waals surface area (Å²) in [6.07, 6.45) is 1.87. The third-order valence-electron chi connectivity index (χ3n) is 2.86. The van der Waals surface area contributed by atoms with Gasteiger partial charge < -0.3 is 10.7 Å². The molecule has 0 bridgehead atoms. The van der Waals surface area contributed by atoms with Gasteiger partial charge in [0.25, 0.3) is 0 Å². The lowest BCUT2D eigenvalue weighted by Crippen LogP contribution is -2.15. The maximum Gasteiger partial charge on any atom is 0.127 e. The molecule has 1 aromatic heterocycles. The van der Waals surface area contributed by atoms with Gasteiger partial charge in [-0.1, -0.05) is 51.1 Å². The number of benzene rings is 1. The smallest absolute Gasteiger partial charge is 0.127 e. The molecule has 90 valence electrons. The van der Waals surface area contributed by atoms with E-state index in [1.54, 1.807) is 0 Å². The molecule has 3 heteroatoms. The molecule has 1 unspecified atom stereocenters. The van der Waals surface area contributed by atoms with E-state index in [2.05, 4.69) is 30.7 Å². The number of nitrogens with zero attached hydrogens (tertiary/aromatic N) is 1. The molecule has 2 rings (SSSR count). The van der Waals surface area contributed by atoms with Crippen molar-refractivity contribution in [2.45, 2.75) is 32.2 Å². The molecule has 0 aliphatic carbocycles. The first-order valence-corrected chi connectivity index (χ1v) is 5.84. The summed E-state index contributed by atoms with van der Waals surface area (Å²) in [5.74, 6) is 0.820. The molecule has 2 aromatic rings. The Morgan fingerprint density at radius 3 is 2.35 bits per heavy atom. The molecule has 3 nitrogen and oxygen atoms in total. The Bertz CT molecular complexity index is 480. The zero-order valence-corrected chi connectivity index (χ0v) is 10.6. The number of rotatable bonds is 2. The van der Waals surface area contributed by atoms with Crippen molar-refractivity contribution in [3.8, 4) is 0 Å². The van der Waals surface area contributed by atoms with Crippen molar-refractivity contribution in [3.05, 3.63) is 53.6 Å². The Kier molecular flexibility index (Phi) is 3.03. The average molecular weight is 229 g/mol. The maximum atomic E-state index is 6.18. The fourth-order valence-corrected chi connectivity index (χ4v) is 1.69. The lowest BCUT2D eigenvalue weighted by Gasteiger charge is -2.15. The van der Waals surface area contributed by atoms with Crippen molar-refractivity contribution in [2.24, 2.45) is 5.73 Å². The molecule has 0 saturated carbocycles. The van der Waals surface area contributed by atoms with Crippen LogP contribution in [0.2, 0.25) is 0 Å². The van der Waals surface area contributed by atoms with Crippen LogP contribution in [-0.4, -0.2) is 9.97 Å². The molecule has 0 aliphatic rings. The zero-order valence-electron chi connectivity index (χ0n) is 10.6. The minimum absolute atomic E-state index is 0.0711. The van der Waals surface area contributed by atoms with E-state index < -0.39 is 0 Å². The van der Waals surface area contributed by atoms with Crippen LogP contribution < -0.4 is 5.73 Å². The van der Waals surface area contributed by atoms with Crippen LogP contribution in [0.4, 0.5) is 0 Å². The van der Waals surface area contributed by atoms with Gasteiger partial charge in [-0.15, -0.1) is 0 Å². The molecular formula is C14H19N3. The van der Waals surface area contributed by atoms with Crippen LogP contribution >= 0.6 is 0 Å². The lowest BCUT2D eigenvalue weighted by atomic mass is 9.93. The van der Waals surface area contributed by atoms with Gasteiger partial charge in [0.05, 0.1) is 6.04 Å². The summed E-state index contributed by atoms with van der Waals surface area (Å²) in [4.78, 5) is 7.69. The number of nitrogens with two attached hydrogens (primary N) is 1. The molecule has 1 heterocycles. The van der Waals surface area contributed by atoms with E-state index in [4.69, 9.17) is 5.73 Å². The Morgan fingerprint density at radius 2 is 1.82 bits per heavy atom. The topological polar surface area (TPSA) is 54.7 Å². The van der Waals surface area contributed by atoms with E-state index >= 15 is 0 Å². The van der Waals surface area contributed by atoms with Crippen LogP contribution in [0.1, 0.15) is 43.9 Å². The van der Waals surface area contributed by atoms with Gasteiger partial charge in [-0.05, 0) is 5.56 Å². The highest BCUT2D eigenvalue weighted by atomic mass is 15.0. The Morgan fingerprint density at radius 1 is 1.18 bits per heavy atom. The fourth-order valence-electron chi connectivity index (χ4n) is 1.69. The largest absolute Gasteiger partial charge is 0.344 e. The van der Waals surface area contributed by atoms with Crippen LogP contribution in [-0.2, 0) is 5.41 Å². The quantitative estimate of drug-likeness (QED) is 0.832. The molecule has 1 aromatic carbocycles. The second kappa shape index (κ2) is 4.34. The molecule has 1 atom stereocenters. The monoisotopic (exact) mass is 229 g/mol. The predicted molar refractivity (Wildman–Crippen MR) is 69.8 cm³/mol. The molecule has 0 spiro atoms. The highest BCUT2D eigenvalue weighted by Gasteiger charge is 2.19. The molecule has 3 N–H and O–H groups in total. The Balaban J connectivity index is 2.27. The average Bonchev–Trinajstić information content (AvgIpc) is 2.78. The van der Waals surface area contributed by atoms with Gasteiger partial charge in [0, 0.05) is 17.3 Å². The first-order valence-electron chi connectivity index (χ1n) is 5.84. The van der Waals surface area contributed by atoms with Crippen LogP contribution in [0.15, 0.2) is 36.5 Å². The number of hydrogen-bond donors (Lipinski definition) is 2. The summed E-state index contributed by atoms with van der Waals surface area (Å²) in [5.41, 5.74) is 8.43. The highest BCUT2D eigenvalue weighted by molar-refractivity contribution is 5.25. The molecule has 0 radical (unpaired) electrons. The SMILES string of the molecule is CC(C)(C)c1cnc(C(N)c2ccccc2)[nH]1. The van der Waals surface area contributed by atoms with Gasteiger partial charge in [0.15, 0.2) is 0 Å². The van der Waals surface area contributed by atoms with Gasteiger partial charge in [0.1, 0.15) is 5.82 Å². The highest BCUT2D eigenvalue weighted by Crippen LogP contribution is 2.23. The Hall–Kier alpha value is -1.61. The minimum atomic E-state index is -0.188.